The van der Waals surface area contributed by atoms with Crippen molar-refractivity contribution >= 4 is 35.5 Å². The second-order valence-electron chi connectivity index (χ2n) is 4.44. The van der Waals surface area contributed by atoms with E-state index in [1.807, 2.05) is 41.4 Å². The van der Waals surface area contributed by atoms with E-state index in [9.17, 15) is 4.79 Å². The molecular weight excluding hydrogens is 276 g/mol. The third-order valence-electron chi connectivity index (χ3n) is 2.97. The minimum atomic E-state index is -0.0689. The Bertz CT molecular complexity index is 604. The zero-order valence-electron chi connectivity index (χ0n) is 11.0. The second kappa shape index (κ2) is 5.88. The molecule has 20 heavy (non-hydrogen) atoms. The van der Waals surface area contributed by atoms with Crippen LogP contribution in [0.15, 0.2) is 46.5 Å². The van der Waals surface area contributed by atoms with Crippen molar-refractivity contribution in [2.45, 2.75) is 6.92 Å². The fourth-order valence-electron chi connectivity index (χ4n) is 2.09. The van der Waals surface area contributed by atoms with Crippen LogP contribution in [0.2, 0.25) is 0 Å². The van der Waals surface area contributed by atoms with Crippen LogP contribution in [-0.2, 0) is 4.79 Å². The zero-order chi connectivity index (χ0) is 13.2. The van der Waals surface area contributed by atoms with Gasteiger partial charge in [-0.25, -0.2) is 5.01 Å². The monoisotopic (exact) mass is 290 g/mol. The average molecular weight is 291 g/mol. The standard InChI is InChI=1S/C14H14N4O.ClH/c1-10(19)16-12-4-2-11(3-5-12)13-6-7-14-15-8-9-18(14)17-13;/h2-7H,8-9H2,1H3,(H,16,19);1H. The molecule has 0 aliphatic carbocycles. The molecule has 0 radical (unpaired) electrons. The molecular formula is C14H15ClN4O. The van der Waals surface area contributed by atoms with E-state index in [2.05, 4.69) is 15.4 Å². The minimum absolute atomic E-state index is 0. The molecule has 5 nitrogen and oxygen atoms in total. The summed E-state index contributed by atoms with van der Waals surface area (Å²) in [6.45, 7) is 3.14. The van der Waals surface area contributed by atoms with Crippen molar-refractivity contribution in [3.05, 3.63) is 42.0 Å². The maximum absolute atomic E-state index is 11.0. The fourth-order valence-corrected chi connectivity index (χ4v) is 2.09. The number of aliphatic imine (C=N–C) groups is 1. The fraction of sp³-hybridized carbons (Fsp3) is 0.214. The first kappa shape index (κ1) is 14.3. The molecule has 0 spiro atoms. The first-order valence-electron chi connectivity index (χ1n) is 6.19. The first-order valence-corrected chi connectivity index (χ1v) is 6.19. The van der Waals surface area contributed by atoms with Crippen molar-refractivity contribution in [2.75, 3.05) is 18.4 Å². The quantitative estimate of drug-likeness (QED) is 0.906. The minimum Gasteiger partial charge on any atom is -0.326 e. The Morgan fingerprint density at radius 2 is 2.00 bits per heavy atom. The summed E-state index contributed by atoms with van der Waals surface area (Å²) < 4.78 is 0. The van der Waals surface area contributed by atoms with E-state index in [-0.39, 0.29) is 18.3 Å². The molecule has 0 unspecified atom stereocenters. The van der Waals surface area contributed by atoms with Crippen molar-refractivity contribution in [1.29, 1.82) is 0 Å². The second-order valence-corrected chi connectivity index (χ2v) is 4.44. The van der Waals surface area contributed by atoms with E-state index in [0.717, 1.165) is 35.9 Å². The summed E-state index contributed by atoms with van der Waals surface area (Å²) in [7, 11) is 0. The highest BCUT2D eigenvalue weighted by Gasteiger charge is 2.18. The van der Waals surface area contributed by atoms with Gasteiger partial charge in [0.15, 0.2) is 0 Å². The average Bonchev–Trinajstić information content (AvgIpc) is 2.86. The summed E-state index contributed by atoms with van der Waals surface area (Å²) in [6.07, 6.45) is 3.95. The number of amides is 1. The van der Waals surface area contributed by atoms with E-state index < -0.39 is 0 Å². The van der Waals surface area contributed by atoms with Gasteiger partial charge in [-0.05, 0) is 24.3 Å². The summed E-state index contributed by atoms with van der Waals surface area (Å²) in [4.78, 5) is 15.3. The number of benzene rings is 1. The number of hydrazone groups is 1. The Balaban J connectivity index is 0.00000147. The van der Waals surface area contributed by atoms with Crippen molar-refractivity contribution in [2.24, 2.45) is 10.1 Å². The Morgan fingerprint density at radius 3 is 2.70 bits per heavy atom. The maximum atomic E-state index is 11.0. The molecule has 0 saturated heterocycles. The SMILES string of the molecule is CC(=O)Nc1ccc(C2=NN3CCN=C3C=C2)cc1.Cl. The first-order chi connectivity index (χ1) is 9.22. The molecule has 1 amide bonds. The van der Waals surface area contributed by atoms with Gasteiger partial charge in [0, 0.05) is 18.2 Å². The van der Waals surface area contributed by atoms with Gasteiger partial charge in [-0.3, -0.25) is 9.79 Å². The molecule has 1 aromatic carbocycles. The summed E-state index contributed by atoms with van der Waals surface area (Å²) >= 11 is 0. The van der Waals surface area contributed by atoms with Gasteiger partial charge in [0.25, 0.3) is 0 Å². The topological polar surface area (TPSA) is 57.1 Å². The third kappa shape index (κ3) is 2.88. The summed E-state index contributed by atoms with van der Waals surface area (Å²) in [5.41, 5.74) is 2.73. The lowest BCUT2D eigenvalue weighted by atomic mass is 10.1. The Hall–Kier alpha value is -2.14. The number of hydrogen-bond donors (Lipinski definition) is 1. The molecule has 6 heteroatoms. The summed E-state index contributed by atoms with van der Waals surface area (Å²) in [5.74, 6) is 0.860. The zero-order valence-corrected chi connectivity index (χ0v) is 11.9. The molecule has 2 aliphatic rings. The van der Waals surface area contributed by atoms with Crippen LogP contribution in [0.25, 0.3) is 0 Å². The number of anilines is 1. The summed E-state index contributed by atoms with van der Waals surface area (Å²) in [6, 6.07) is 7.65. The number of carbonyl (C=O) groups is 1. The smallest absolute Gasteiger partial charge is 0.221 e. The predicted molar refractivity (Wildman–Crippen MR) is 82.7 cm³/mol. The number of fused-ring (bicyclic) bond motifs is 1. The molecule has 104 valence electrons. The van der Waals surface area contributed by atoms with Crippen LogP contribution in [0.1, 0.15) is 12.5 Å². The van der Waals surface area contributed by atoms with Crippen LogP contribution in [0.3, 0.4) is 0 Å². The number of halogens is 1. The molecule has 0 saturated carbocycles. The maximum Gasteiger partial charge on any atom is 0.221 e. The van der Waals surface area contributed by atoms with Gasteiger partial charge in [0.05, 0.1) is 18.8 Å². The molecule has 3 rings (SSSR count). The van der Waals surface area contributed by atoms with Crippen molar-refractivity contribution < 1.29 is 4.79 Å². The molecule has 2 heterocycles. The van der Waals surface area contributed by atoms with Gasteiger partial charge < -0.3 is 5.32 Å². The van der Waals surface area contributed by atoms with E-state index in [1.54, 1.807) is 0 Å². The highest BCUT2D eigenvalue weighted by atomic mass is 35.5. The van der Waals surface area contributed by atoms with Crippen LogP contribution < -0.4 is 5.32 Å². The van der Waals surface area contributed by atoms with E-state index in [4.69, 9.17) is 0 Å². The number of nitrogens with zero attached hydrogens (tertiary/aromatic N) is 3. The molecule has 1 N–H and O–H groups in total. The van der Waals surface area contributed by atoms with Crippen molar-refractivity contribution in [3.8, 4) is 0 Å². The highest BCUT2D eigenvalue weighted by molar-refractivity contribution is 6.14. The largest absolute Gasteiger partial charge is 0.326 e. The predicted octanol–water partition coefficient (Wildman–Crippen LogP) is 2.05. The lowest BCUT2D eigenvalue weighted by Crippen LogP contribution is -2.25. The third-order valence-corrected chi connectivity index (χ3v) is 2.97. The van der Waals surface area contributed by atoms with Gasteiger partial charge in [0.2, 0.25) is 5.91 Å². The number of rotatable bonds is 2. The lowest BCUT2D eigenvalue weighted by Gasteiger charge is -2.17. The number of carbonyl (C=O) groups excluding carboxylic acids is 1. The van der Waals surface area contributed by atoms with Gasteiger partial charge in [-0.15, -0.1) is 12.4 Å². The van der Waals surface area contributed by atoms with Gasteiger partial charge >= 0.3 is 0 Å². The van der Waals surface area contributed by atoms with E-state index >= 15 is 0 Å². The number of hydrogen-bond acceptors (Lipinski definition) is 4. The number of nitrogens with one attached hydrogen (secondary N) is 1. The van der Waals surface area contributed by atoms with Gasteiger partial charge in [-0.1, -0.05) is 12.1 Å². The van der Waals surface area contributed by atoms with Gasteiger partial charge in [-0.2, -0.15) is 5.10 Å². The molecule has 0 atom stereocenters. The molecule has 1 aromatic rings. The molecule has 2 aliphatic heterocycles. The Kier molecular flexibility index (Phi) is 4.20. The van der Waals surface area contributed by atoms with Crippen LogP contribution in [0, 0.1) is 0 Å². The molecule has 0 bridgehead atoms. The van der Waals surface area contributed by atoms with Crippen molar-refractivity contribution in [3.63, 3.8) is 0 Å². The van der Waals surface area contributed by atoms with Crippen LogP contribution >= 0.6 is 12.4 Å². The summed E-state index contributed by atoms with van der Waals surface area (Å²) in [5, 5.41) is 9.21. The van der Waals surface area contributed by atoms with Crippen LogP contribution in [0.4, 0.5) is 5.69 Å². The molecule has 0 aromatic heterocycles. The van der Waals surface area contributed by atoms with Gasteiger partial charge in [0.1, 0.15) is 5.84 Å². The van der Waals surface area contributed by atoms with E-state index in [1.165, 1.54) is 6.92 Å². The normalized spacial score (nSPS) is 15.9. The van der Waals surface area contributed by atoms with Crippen LogP contribution in [-0.4, -0.2) is 35.6 Å². The van der Waals surface area contributed by atoms with Crippen LogP contribution in [0.5, 0.6) is 0 Å². The Labute approximate surface area is 123 Å². The Morgan fingerprint density at radius 1 is 1.25 bits per heavy atom. The molecule has 0 fully saturated rings. The lowest BCUT2D eigenvalue weighted by molar-refractivity contribution is -0.114. The van der Waals surface area contributed by atoms with Crippen molar-refractivity contribution in [1.82, 2.24) is 5.01 Å². The highest BCUT2D eigenvalue weighted by Crippen LogP contribution is 2.15. The van der Waals surface area contributed by atoms with E-state index in [0.29, 0.717) is 0 Å². The number of amidine groups is 1. The number of allylic oxidation sites excluding steroid dienone is 1.